The molecule has 4 rings (SSSR count). The van der Waals surface area contributed by atoms with Gasteiger partial charge in [0.25, 0.3) is 5.91 Å². The van der Waals surface area contributed by atoms with Gasteiger partial charge in [0, 0.05) is 35.0 Å². The van der Waals surface area contributed by atoms with Crippen LogP contribution < -0.4 is 10.4 Å². The number of Topliss-reactive ketones (excluding diaryl/α,β-unsaturated/α-hetero) is 1. The summed E-state index contributed by atoms with van der Waals surface area (Å²) < 4.78 is 0. The molecule has 0 saturated carbocycles. The van der Waals surface area contributed by atoms with Gasteiger partial charge in [-0.05, 0) is 68.2 Å². The average molecular weight is 507 g/mol. The lowest BCUT2D eigenvalue weighted by Gasteiger charge is -2.17. The number of carbonyl (C=O) groups is 3. The van der Waals surface area contributed by atoms with Crippen molar-refractivity contribution in [2.45, 2.75) is 46.5 Å². The van der Waals surface area contributed by atoms with Crippen LogP contribution in [-0.2, 0) is 12.8 Å². The summed E-state index contributed by atoms with van der Waals surface area (Å²) in [5.41, 5.74) is 5.91. The van der Waals surface area contributed by atoms with Gasteiger partial charge in [0.15, 0.2) is 5.78 Å². The van der Waals surface area contributed by atoms with Crippen molar-refractivity contribution in [3.8, 4) is 0 Å². The van der Waals surface area contributed by atoms with E-state index < -0.39 is 5.97 Å². The first-order valence-corrected chi connectivity index (χ1v) is 12.9. The van der Waals surface area contributed by atoms with Gasteiger partial charge in [-0.3, -0.25) is 9.59 Å². The molecule has 0 aliphatic carbocycles. The predicted octanol–water partition coefficient (Wildman–Crippen LogP) is 5.31. The van der Waals surface area contributed by atoms with Crippen molar-refractivity contribution in [3.63, 3.8) is 0 Å². The SMILES string of the molecule is Cc1cccc(CCCC(=O)c2ccc(C)c3c(C(=O)NCCc4cccc(C)c4)ccc(C(=O)[O-])c23)c1. The quantitative estimate of drug-likeness (QED) is 0.296. The minimum Gasteiger partial charge on any atom is -0.545 e. The Hall–Kier alpha value is -4.25. The summed E-state index contributed by atoms with van der Waals surface area (Å²) in [6.07, 6.45) is 2.33. The molecule has 38 heavy (non-hydrogen) atoms. The number of benzene rings is 4. The lowest BCUT2D eigenvalue weighted by atomic mass is 9.89. The Bertz CT molecular complexity index is 1520. The van der Waals surface area contributed by atoms with Crippen LogP contribution >= 0.6 is 0 Å². The second-order valence-corrected chi connectivity index (χ2v) is 9.89. The van der Waals surface area contributed by atoms with E-state index in [4.69, 9.17) is 0 Å². The Morgan fingerprint density at radius 3 is 1.95 bits per heavy atom. The van der Waals surface area contributed by atoms with Crippen LogP contribution in [0, 0.1) is 20.8 Å². The molecule has 0 atom stereocenters. The minimum absolute atomic E-state index is 0.0814. The predicted molar refractivity (Wildman–Crippen MR) is 149 cm³/mol. The highest BCUT2D eigenvalue weighted by molar-refractivity contribution is 6.20. The van der Waals surface area contributed by atoms with Gasteiger partial charge in [-0.25, -0.2) is 0 Å². The third-order valence-corrected chi connectivity index (χ3v) is 6.87. The van der Waals surface area contributed by atoms with E-state index in [0.717, 1.165) is 28.7 Å². The van der Waals surface area contributed by atoms with Crippen LogP contribution in [0.2, 0.25) is 0 Å². The van der Waals surface area contributed by atoms with E-state index in [0.29, 0.717) is 35.9 Å². The molecule has 1 N–H and O–H groups in total. The van der Waals surface area contributed by atoms with Gasteiger partial charge in [-0.15, -0.1) is 0 Å². The maximum Gasteiger partial charge on any atom is 0.251 e. The largest absolute Gasteiger partial charge is 0.545 e. The molecule has 4 aromatic rings. The molecular weight excluding hydrogens is 474 g/mol. The van der Waals surface area contributed by atoms with Crippen molar-refractivity contribution in [3.05, 3.63) is 117 Å². The van der Waals surface area contributed by atoms with Crippen molar-refractivity contribution in [2.24, 2.45) is 0 Å². The van der Waals surface area contributed by atoms with E-state index in [1.54, 1.807) is 12.1 Å². The Morgan fingerprint density at radius 1 is 0.711 bits per heavy atom. The first kappa shape index (κ1) is 26.8. The fraction of sp³-hybridized carbons (Fsp3) is 0.242. The van der Waals surface area contributed by atoms with E-state index in [1.165, 1.54) is 17.7 Å². The highest BCUT2D eigenvalue weighted by atomic mass is 16.4. The van der Waals surface area contributed by atoms with Gasteiger partial charge in [-0.1, -0.05) is 77.9 Å². The van der Waals surface area contributed by atoms with E-state index >= 15 is 0 Å². The fourth-order valence-corrected chi connectivity index (χ4v) is 5.00. The maximum absolute atomic E-state index is 13.3. The van der Waals surface area contributed by atoms with Gasteiger partial charge in [-0.2, -0.15) is 0 Å². The van der Waals surface area contributed by atoms with Crippen LogP contribution in [0.15, 0.2) is 72.8 Å². The standard InChI is InChI=1S/C33H33NO4/c1-21-7-4-9-24(19-21)11-6-12-29(35)26-14-13-23(3)30-27(15-16-28(31(26)30)33(37)38)32(36)34-18-17-25-10-5-8-22(2)20-25/h4-5,7-10,13-16,19-20H,6,11-12,17-18H2,1-3H3,(H,34,36)(H,37,38)/p-1. The third-order valence-electron chi connectivity index (χ3n) is 6.87. The zero-order valence-corrected chi connectivity index (χ0v) is 22.1. The van der Waals surface area contributed by atoms with Crippen LogP contribution in [0.25, 0.3) is 10.8 Å². The summed E-state index contributed by atoms with van der Waals surface area (Å²) in [4.78, 5) is 38.6. The number of aryl methyl sites for hydroxylation is 4. The Labute approximate surface area is 223 Å². The van der Waals surface area contributed by atoms with Crippen LogP contribution in [0.1, 0.15) is 71.7 Å². The Morgan fingerprint density at radius 2 is 1.32 bits per heavy atom. The minimum atomic E-state index is -1.37. The summed E-state index contributed by atoms with van der Waals surface area (Å²) in [6, 6.07) is 22.6. The molecule has 0 heterocycles. The smallest absolute Gasteiger partial charge is 0.251 e. The summed E-state index contributed by atoms with van der Waals surface area (Å²) in [5, 5.41) is 15.8. The van der Waals surface area contributed by atoms with E-state index in [-0.39, 0.29) is 29.1 Å². The molecule has 5 nitrogen and oxygen atoms in total. The molecule has 0 unspecified atom stereocenters. The number of hydrogen-bond donors (Lipinski definition) is 1. The molecule has 0 saturated heterocycles. The number of ketones is 1. The normalized spacial score (nSPS) is 10.9. The van der Waals surface area contributed by atoms with Crippen molar-refractivity contribution in [1.82, 2.24) is 5.32 Å². The van der Waals surface area contributed by atoms with E-state index in [2.05, 4.69) is 17.4 Å². The van der Waals surface area contributed by atoms with Gasteiger partial charge in [0.2, 0.25) is 0 Å². The molecule has 0 aliphatic heterocycles. The number of nitrogens with one attached hydrogen (secondary N) is 1. The summed E-state index contributed by atoms with van der Waals surface area (Å²) in [6.45, 7) is 6.31. The second kappa shape index (κ2) is 11.9. The molecule has 0 spiro atoms. The topological polar surface area (TPSA) is 86.3 Å². The number of aromatic carboxylic acids is 1. The summed E-state index contributed by atoms with van der Waals surface area (Å²) in [5.74, 6) is -1.83. The number of carbonyl (C=O) groups excluding carboxylic acids is 3. The zero-order chi connectivity index (χ0) is 27.2. The third kappa shape index (κ3) is 6.17. The van der Waals surface area contributed by atoms with Crippen molar-refractivity contribution < 1.29 is 19.5 Å². The first-order valence-electron chi connectivity index (χ1n) is 12.9. The monoisotopic (exact) mass is 506 g/mol. The zero-order valence-electron chi connectivity index (χ0n) is 22.1. The van der Waals surface area contributed by atoms with Crippen LogP contribution in [0.4, 0.5) is 0 Å². The number of amides is 1. The van der Waals surface area contributed by atoms with Crippen LogP contribution in [0.3, 0.4) is 0 Å². The number of fused-ring (bicyclic) bond motifs is 1. The molecule has 0 fully saturated rings. The van der Waals surface area contributed by atoms with Gasteiger partial charge < -0.3 is 15.2 Å². The summed E-state index contributed by atoms with van der Waals surface area (Å²) in [7, 11) is 0. The van der Waals surface area contributed by atoms with Gasteiger partial charge in [0.1, 0.15) is 0 Å². The Kier molecular flexibility index (Phi) is 8.37. The lowest BCUT2D eigenvalue weighted by molar-refractivity contribution is -0.254. The molecule has 0 aromatic heterocycles. The summed E-state index contributed by atoms with van der Waals surface area (Å²) >= 11 is 0. The Balaban J connectivity index is 1.60. The van der Waals surface area contributed by atoms with Crippen molar-refractivity contribution in [1.29, 1.82) is 0 Å². The molecule has 194 valence electrons. The molecule has 0 bridgehead atoms. The number of hydrogen-bond acceptors (Lipinski definition) is 4. The van der Waals surface area contributed by atoms with Crippen LogP contribution in [0.5, 0.6) is 0 Å². The highest BCUT2D eigenvalue weighted by Crippen LogP contribution is 2.31. The number of carboxylic acid groups (broad SMARTS) is 1. The average Bonchev–Trinajstić information content (AvgIpc) is 2.88. The van der Waals surface area contributed by atoms with Crippen molar-refractivity contribution >= 4 is 28.4 Å². The van der Waals surface area contributed by atoms with Crippen LogP contribution in [-0.4, -0.2) is 24.2 Å². The molecule has 5 heteroatoms. The fourth-order valence-electron chi connectivity index (χ4n) is 5.00. The lowest BCUT2D eigenvalue weighted by Crippen LogP contribution is -2.27. The first-order chi connectivity index (χ1) is 18.2. The molecule has 0 aliphatic rings. The van der Waals surface area contributed by atoms with E-state index in [1.807, 2.05) is 57.2 Å². The van der Waals surface area contributed by atoms with Gasteiger partial charge in [0.05, 0.1) is 5.97 Å². The molecule has 0 radical (unpaired) electrons. The van der Waals surface area contributed by atoms with Crippen molar-refractivity contribution in [2.75, 3.05) is 6.54 Å². The second-order valence-electron chi connectivity index (χ2n) is 9.89. The molecular formula is C33H32NO4-. The molecule has 4 aromatic carbocycles. The number of rotatable bonds is 10. The maximum atomic E-state index is 13.3. The van der Waals surface area contributed by atoms with E-state index in [9.17, 15) is 19.5 Å². The molecule has 1 amide bonds. The van der Waals surface area contributed by atoms with Gasteiger partial charge >= 0.3 is 0 Å². The number of carboxylic acids is 1. The highest BCUT2D eigenvalue weighted by Gasteiger charge is 2.20.